The van der Waals surface area contributed by atoms with Crippen molar-refractivity contribution in [1.29, 1.82) is 0 Å². The standard InChI is InChI=1S/C26H30N6O5S/c33-9-4-16-13-22(34)23-20(14-32(31-23)19-5-10-37-11-6-19)29-25(36)21-15-38-26(30-21)17-3-8-27-18(12-17)2-1-7-28-24(16)35/h3,8,12,14-16,19,33H,1-2,4-7,9-11,13H2,(H,28,35)(H,29,36). The van der Waals surface area contributed by atoms with Crippen molar-refractivity contribution in [1.82, 2.24) is 25.1 Å². The molecule has 3 aromatic heterocycles. The molecular formula is C26H30N6O5S. The van der Waals surface area contributed by atoms with Gasteiger partial charge < -0.3 is 20.5 Å². The van der Waals surface area contributed by atoms with Crippen molar-refractivity contribution in [3.8, 4) is 10.6 Å². The van der Waals surface area contributed by atoms with Crippen LogP contribution in [0.3, 0.4) is 0 Å². The van der Waals surface area contributed by atoms with Gasteiger partial charge in [0.15, 0.2) is 11.5 Å². The van der Waals surface area contributed by atoms with Gasteiger partial charge in [-0.05, 0) is 44.2 Å². The van der Waals surface area contributed by atoms with Gasteiger partial charge >= 0.3 is 0 Å². The number of thiazole rings is 1. The normalized spacial score (nSPS) is 19.7. The third kappa shape index (κ3) is 5.98. The summed E-state index contributed by atoms with van der Waals surface area (Å²) in [7, 11) is 0. The summed E-state index contributed by atoms with van der Waals surface area (Å²) in [5, 5.41) is 22.2. The monoisotopic (exact) mass is 538 g/mol. The van der Waals surface area contributed by atoms with Gasteiger partial charge in [-0.25, -0.2) is 4.98 Å². The molecule has 0 aromatic carbocycles. The minimum absolute atomic E-state index is 0.0332. The van der Waals surface area contributed by atoms with Crippen LogP contribution in [0.4, 0.5) is 5.69 Å². The number of aryl methyl sites for hydroxylation is 1. The number of carbonyl (C=O) groups excluding carboxylic acids is 3. The number of rotatable bonds is 3. The maximum atomic E-state index is 13.4. The number of ether oxygens (including phenoxy) is 1. The zero-order valence-corrected chi connectivity index (χ0v) is 21.7. The van der Waals surface area contributed by atoms with E-state index in [-0.39, 0.29) is 54.3 Å². The molecule has 5 heterocycles. The summed E-state index contributed by atoms with van der Waals surface area (Å²) in [6.07, 6.45) is 6.17. The first-order chi connectivity index (χ1) is 18.5. The minimum atomic E-state index is -0.717. The number of hydrogen-bond acceptors (Lipinski definition) is 9. The molecule has 0 aliphatic carbocycles. The second-order valence-corrected chi connectivity index (χ2v) is 10.3. The number of aliphatic hydroxyl groups excluding tert-OH is 1. The molecule has 5 rings (SSSR count). The average molecular weight is 539 g/mol. The maximum absolute atomic E-state index is 13.4. The Morgan fingerprint density at radius 3 is 2.87 bits per heavy atom. The van der Waals surface area contributed by atoms with Crippen molar-refractivity contribution in [2.24, 2.45) is 5.92 Å². The highest BCUT2D eigenvalue weighted by Gasteiger charge is 2.28. The molecule has 3 N–H and O–H groups in total. The number of Topliss-reactive ketones (excluding diaryl/α,β-unsaturated/α-hetero) is 1. The number of nitrogens with zero attached hydrogens (tertiary/aromatic N) is 4. The summed E-state index contributed by atoms with van der Waals surface area (Å²) in [5.74, 6) is -1.84. The molecule has 4 bridgehead atoms. The molecule has 0 spiro atoms. The molecule has 2 aliphatic heterocycles. The van der Waals surface area contributed by atoms with Crippen LogP contribution in [0.25, 0.3) is 10.6 Å². The molecule has 1 fully saturated rings. The zero-order chi connectivity index (χ0) is 26.5. The molecule has 1 atom stereocenters. The van der Waals surface area contributed by atoms with Crippen LogP contribution in [0, 0.1) is 5.92 Å². The second-order valence-electron chi connectivity index (χ2n) is 9.47. The smallest absolute Gasteiger partial charge is 0.275 e. The van der Waals surface area contributed by atoms with Gasteiger partial charge in [0.05, 0.1) is 11.7 Å². The third-order valence-electron chi connectivity index (χ3n) is 6.80. The molecule has 12 heteroatoms. The van der Waals surface area contributed by atoms with Gasteiger partial charge in [-0.15, -0.1) is 11.3 Å². The lowest BCUT2D eigenvalue weighted by Crippen LogP contribution is -2.33. The summed E-state index contributed by atoms with van der Waals surface area (Å²) >= 11 is 1.36. The predicted octanol–water partition coefficient (Wildman–Crippen LogP) is 2.64. The fourth-order valence-corrected chi connectivity index (χ4v) is 5.50. The zero-order valence-electron chi connectivity index (χ0n) is 20.9. The Balaban J connectivity index is 1.50. The van der Waals surface area contributed by atoms with E-state index in [2.05, 4.69) is 25.7 Å². The third-order valence-corrected chi connectivity index (χ3v) is 7.69. The molecule has 2 aliphatic rings. The number of hydrogen-bond donors (Lipinski definition) is 3. The molecule has 0 radical (unpaired) electrons. The van der Waals surface area contributed by atoms with Gasteiger partial charge in [-0.3, -0.25) is 24.0 Å². The largest absolute Gasteiger partial charge is 0.396 e. The van der Waals surface area contributed by atoms with Crippen LogP contribution in [0.15, 0.2) is 29.9 Å². The van der Waals surface area contributed by atoms with E-state index >= 15 is 0 Å². The van der Waals surface area contributed by atoms with Crippen molar-refractivity contribution in [2.75, 3.05) is 31.7 Å². The first-order valence-electron chi connectivity index (χ1n) is 12.8. The van der Waals surface area contributed by atoms with Crippen LogP contribution < -0.4 is 10.6 Å². The Hall–Kier alpha value is -3.48. The van der Waals surface area contributed by atoms with Crippen LogP contribution in [0.1, 0.15) is 64.8 Å². The highest BCUT2D eigenvalue weighted by atomic mass is 32.1. The van der Waals surface area contributed by atoms with Gasteiger partial charge in [0.25, 0.3) is 5.91 Å². The van der Waals surface area contributed by atoms with Crippen LogP contribution in [0.2, 0.25) is 0 Å². The van der Waals surface area contributed by atoms with Crippen molar-refractivity contribution >= 4 is 34.6 Å². The molecule has 2 amide bonds. The van der Waals surface area contributed by atoms with Gasteiger partial charge in [0.2, 0.25) is 5.91 Å². The van der Waals surface area contributed by atoms with E-state index in [4.69, 9.17) is 4.74 Å². The van der Waals surface area contributed by atoms with E-state index in [1.165, 1.54) is 11.3 Å². The predicted molar refractivity (Wildman–Crippen MR) is 140 cm³/mol. The average Bonchev–Trinajstić information content (AvgIpc) is 3.59. The van der Waals surface area contributed by atoms with E-state index in [1.807, 2.05) is 12.1 Å². The molecule has 3 aromatic rings. The van der Waals surface area contributed by atoms with Crippen molar-refractivity contribution < 1.29 is 24.2 Å². The van der Waals surface area contributed by atoms with E-state index < -0.39 is 11.8 Å². The topological polar surface area (TPSA) is 148 Å². The van der Waals surface area contributed by atoms with Gasteiger partial charge in [-0.1, -0.05) is 0 Å². The van der Waals surface area contributed by atoms with E-state index in [0.29, 0.717) is 37.6 Å². The summed E-state index contributed by atoms with van der Waals surface area (Å²) < 4.78 is 7.16. The number of amides is 2. The molecule has 200 valence electrons. The number of anilines is 1. The summed E-state index contributed by atoms with van der Waals surface area (Å²) in [5.41, 5.74) is 2.31. The molecule has 1 saturated heterocycles. The number of nitrogens with one attached hydrogen (secondary N) is 2. The van der Waals surface area contributed by atoms with Gasteiger partial charge in [0, 0.05) is 67.7 Å². The Morgan fingerprint density at radius 1 is 1.21 bits per heavy atom. The summed E-state index contributed by atoms with van der Waals surface area (Å²) in [4.78, 5) is 48.5. The van der Waals surface area contributed by atoms with E-state index in [9.17, 15) is 19.5 Å². The lowest BCUT2D eigenvalue weighted by atomic mass is 9.96. The number of fused-ring (bicyclic) bond motifs is 6. The highest BCUT2D eigenvalue weighted by Crippen LogP contribution is 2.28. The Labute approximate surface area is 223 Å². The molecular weight excluding hydrogens is 508 g/mol. The van der Waals surface area contributed by atoms with Gasteiger partial charge in [-0.2, -0.15) is 5.10 Å². The first-order valence-corrected chi connectivity index (χ1v) is 13.7. The Morgan fingerprint density at radius 2 is 2.05 bits per heavy atom. The van der Waals surface area contributed by atoms with E-state index in [0.717, 1.165) is 24.1 Å². The quantitative estimate of drug-likeness (QED) is 0.461. The van der Waals surface area contributed by atoms with Crippen molar-refractivity contribution in [3.05, 3.63) is 47.0 Å². The Kier molecular flexibility index (Phi) is 8.20. The maximum Gasteiger partial charge on any atom is 0.275 e. The lowest BCUT2D eigenvalue weighted by molar-refractivity contribution is -0.125. The minimum Gasteiger partial charge on any atom is -0.396 e. The number of aromatic nitrogens is 4. The number of ketones is 1. The fourth-order valence-electron chi connectivity index (χ4n) is 4.70. The molecule has 38 heavy (non-hydrogen) atoms. The number of carbonyl (C=O) groups is 3. The first kappa shape index (κ1) is 26.1. The highest BCUT2D eigenvalue weighted by molar-refractivity contribution is 7.13. The molecule has 11 nitrogen and oxygen atoms in total. The van der Waals surface area contributed by atoms with Crippen LogP contribution in [-0.4, -0.2) is 68.8 Å². The summed E-state index contributed by atoms with van der Waals surface area (Å²) in [6.45, 7) is 1.37. The summed E-state index contributed by atoms with van der Waals surface area (Å²) in [6, 6.07) is 3.82. The van der Waals surface area contributed by atoms with Crippen LogP contribution in [-0.2, 0) is 16.0 Å². The van der Waals surface area contributed by atoms with Crippen LogP contribution >= 0.6 is 11.3 Å². The second kappa shape index (κ2) is 11.9. The molecule has 1 unspecified atom stereocenters. The molecule has 0 saturated carbocycles. The lowest BCUT2D eigenvalue weighted by Gasteiger charge is -2.22. The Bertz CT molecular complexity index is 1310. The van der Waals surface area contributed by atoms with Crippen LogP contribution in [0.5, 0.6) is 0 Å². The number of pyridine rings is 1. The van der Waals surface area contributed by atoms with Crippen molar-refractivity contribution in [2.45, 2.75) is 44.6 Å². The van der Waals surface area contributed by atoms with E-state index in [1.54, 1.807) is 22.5 Å². The fraction of sp³-hybridized carbons (Fsp3) is 0.462. The number of aliphatic hydroxyl groups is 1. The SMILES string of the molecule is O=C1Nc2cn(C3CCOCC3)nc2C(=O)CC(CCO)C(=O)NCCCc2cc(ccn2)-c2nc1cs2. The van der Waals surface area contributed by atoms with Crippen molar-refractivity contribution in [3.63, 3.8) is 0 Å². The van der Waals surface area contributed by atoms with Gasteiger partial charge in [0.1, 0.15) is 10.7 Å².